The van der Waals surface area contributed by atoms with Gasteiger partial charge in [-0.05, 0) is 66.6 Å². The quantitative estimate of drug-likeness (QED) is 0.276. The van der Waals surface area contributed by atoms with Crippen molar-refractivity contribution in [1.29, 1.82) is 0 Å². The van der Waals surface area contributed by atoms with Crippen molar-refractivity contribution in [3.05, 3.63) is 98.7 Å². The molecule has 1 heterocycles. The molecule has 0 atom stereocenters. The van der Waals surface area contributed by atoms with Crippen molar-refractivity contribution >= 4 is 39.7 Å². The van der Waals surface area contributed by atoms with Crippen LogP contribution in [-0.4, -0.2) is 24.8 Å². The maximum absolute atomic E-state index is 12.9. The van der Waals surface area contributed by atoms with E-state index in [1.54, 1.807) is 67.6 Å². The molecule has 0 spiro atoms. The highest BCUT2D eigenvalue weighted by molar-refractivity contribution is 9.10. The summed E-state index contributed by atoms with van der Waals surface area (Å²) in [7, 11) is 1.31. The number of hydrogen-bond acceptors (Lipinski definition) is 6. The summed E-state index contributed by atoms with van der Waals surface area (Å²) in [4.78, 5) is 36.8. The van der Waals surface area contributed by atoms with E-state index in [-0.39, 0.29) is 17.3 Å². The summed E-state index contributed by atoms with van der Waals surface area (Å²) >= 11 is 3.33. The predicted molar refractivity (Wildman–Crippen MR) is 121 cm³/mol. The Balaban J connectivity index is 1.56. The van der Waals surface area contributed by atoms with Gasteiger partial charge in [0.15, 0.2) is 5.76 Å². The number of ether oxygens (including phenoxy) is 3. The zero-order chi connectivity index (χ0) is 22.8. The Bertz CT molecular complexity index is 1260. The largest absolute Gasteiger partial charge is 0.465 e. The van der Waals surface area contributed by atoms with Gasteiger partial charge in [-0.25, -0.2) is 9.59 Å². The van der Waals surface area contributed by atoms with E-state index in [2.05, 4.69) is 20.7 Å². The lowest BCUT2D eigenvalue weighted by Gasteiger charge is -2.08. The zero-order valence-corrected chi connectivity index (χ0v) is 18.8. The molecule has 160 valence electrons. The summed E-state index contributed by atoms with van der Waals surface area (Å²) in [5.74, 6) is -0.462. The van der Waals surface area contributed by atoms with Crippen LogP contribution in [-0.2, 0) is 4.74 Å². The summed E-state index contributed by atoms with van der Waals surface area (Å²) < 4.78 is 16.8. The Hall–Kier alpha value is -3.71. The fraction of sp³-hybridized carbons (Fsp3) is 0.0800. The number of halogens is 1. The second kappa shape index (κ2) is 8.80. The molecule has 0 N–H and O–H groups in total. The lowest BCUT2D eigenvalue weighted by atomic mass is 10.0. The van der Waals surface area contributed by atoms with Crippen molar-refractivity contribution in [3.63, 3.8) is 0 Å². The fourth-order valence-electron chi connectivity index (χ4n) is 3.27. The highest BCUT2D eigenvalue weighted by Crippen LogP contribution is 2.37. The summed E-state index contributed by atoms with van der Waals surface area (Å²) in [5, 5.41) is 0. The molecule has 0 saturated heterocycles. The molecule has 1 aliphatic rings. The first kappa shape index (κ1) is 21.5. The van der Waals surface area contributed by atoms with Crippen molar-refractivity contribution in [2.75, 3.05) is 7.11 Å². The maximum Gasteiger partial charge on any atom is 0.343 e. The van der Waals surface area contributed by atoms with Gasteiger partial charge < -0.3 is 14.2 Å². The number of Topliss-reactive ketones (excluding diaryl/α,β-unsaturated/α-hetero) is 1. The number of fused-ring (bicyclic) bond motifs is 1. The summed E-state index contributed by atoms with van der Waals surface area (Å²) in [6.45, 7) is 1.76. The van der Waals surface area contributed by atoms with E-state index in [0.29, 0.717) is 33.6 Å². The van der Waals surface area contributed by atoms with Crippen LogP contribution in [0.5, 0.6) is 11.5 Å². The minimum absolute atomic E-state index is 0.144. The first-order chi connectivity index (χ1) is 15.4. The fourth-order valence-corrected chi connectivity index (χ4v) is 3.54. The molecular formula is C25H17BrO6. The topological polar surface area (TPSA) is 78.9 Å². The number of benzene rings is 3. The molecule has 0 saturated carbocycles. The first-order valence-corrected chi connectivity index (χ1v) is 10.4. The number of aryl methyl sites for hydroxylation is 1. The van der Waals surface area contributed by atoms with Crippen LogP contribution in [0.4, 0.5) is 0 Å². The molecule has 3 aromatic rings. The van der Waals surface area contributed by atoms with Gasteiger partial charge >= 0.3 is 11.9 Å². The molecule has 0 aliphatic carbocycles. The Labute approximate surface area is 192 Å². The number of methoxy groups -OCH3 is 1. The number of ketones is 1. The van der Waals surface area contributed by atoms with E-state index in [0.717, 1.165) is 4.47 Å². The third-order valence-corrected chi connectivity index (χ3v) is 5.39. The molecule has 1 aliphatic heterocycles. The van der Waals surface area contributed by atoms with Crippen LogP contribution in [0.1, 0.15) is 42.2 Å². The van der Waals surface area contributed by atoms with E-state index in [9.17, 15) is 14.4 Å². The molecule has 0 amide bonds. The van der Waals surface area contributed by atoms with Crippen LogP contribution in [0.2, 0.25) is 0 Å². The Morgan fingerprint density at radius 1 is 0.938 bits per heavy atom. The van der Waals surface area contributed by atoms with Gasteiger partial charge in [0.05, 0.1) is 23.8 Å². The third-order valence-electron chi connectivity index (χ3n) is 4.86. The monoisotopic (exact) mass is 492 g/mol. The van der Waals surface area contributed by atoms with Gasteiger partial charge in [-0.3, -0.25) is 4.79 Å². The molecule has 0 aromatic heterocycles. The van der Waals surface area contributed by atoms with Crippen LogP contribution >= 0.6 is 15.9 Å². The second-order valence-corrected chi connectivity index (χ2v) is 7.98. The Morgan fingerprint density at radius 3 is 2.22 bits per heavy atom. The average molecular weight is 493 g/mol. The molecular weight excluding hydrogens is 476 g/mol. The van der Waals surface area contributed by atoms with Crippen LogP contribution in [0, 0.1) is 6.92 Å². The molecule has 0 unspecified atom stereocenters. The van der Waals surface area contributed by atoms with Gasteiger partial charge in [-0.2, -0.15) is 0 Å². The van der Waals surface area contributed by atoms with Crippen LogP contribution in [0.25, 0.3) is 6.08 Å². The van der Waals surface area contributed by atoms with E-state index in [1.165, 1.54) is 13.2 Å². The highest BCUT2D eigenvalue weighted by Gasteiger charge is 2.30. The molecule has 4 rings (SSSR count). The number of esters is 2. The van der Waals surface area contributed by atoms with Crippen molar-refractivity contribution in [1.82, 2.24) is 0 Å². The zero-order valence-electron chi connectivity index (χ0n) is 17.2. The van der Waals surface area contributed by atoms with Gasteiger partial charge in [0.1, 0.15) is 11.5 Å². The Kier molecular flexibility index (Phi) is 5.92. The molecule has 0 radical (unpaired) electrons. The minimum atomic E-state index is -0.511. The number of hydrogen-bond donors (Lipinski definition) is 0. The first-order valence-electron chi connectivity index (χ1n) is 9.61. The van der Waals surface area contributed by atoms with E-state index >= 15 is 0 Å². The second-order valence-electron chi connectivity index (χ2n) is 7.06. The molecule has 0 fully saturated rings. The van der Waals surface area contributed by atoms with Gasteiger partial charge in [0, 0.05) is 10.5 Å². The van der Waals surface area contributed by atoms with E-state index in [1.807, 2.05) is 0 Å². The van der Waals surface area contributed by atoms with Gasteiger partial charge in [-0.15, -0.1) is 0 Å². The van der Waals surface area contributed by atoms with Crippen molar-refractivity contribution in [3.8, 4) is 11.5 Å². The molecule has 3 aromatic carbocycles. The highest BCUT2D eigenvalue weighted by atomic mass is 79.9. The third kappa shape index (κ3) is 4.33. The van der Waals surface area contributed by atoms with Crippen molar-refractivity contribution in [2.24, 2.45) is 0 Å². The van der Waals surface area contributed by atoms with Crippen molar-refractivity contribution in [2.45, 2.75) is 6.92 Å². The normalized spacial score (nSPS) is 13.5. The number of rotatable bonds is 4. The lowest BCUT2D eigenvalue weighted by molar-refractivity contribution is 0.0600. The van der Waals surface area contributed by atoms with Gasteiger partial charge in [-0.1, -0.05) is 28.1 Å². The molecule has 7 heteroatoms. The van der Waals surface area contributed by atoms with Crippen LogP contribution in [0.15, 0.2) is 70.9 Å². The van der Waals surface area contributed by atoms with Crippen molar-refractivity contribution < 1.29 is 28.6 Å². The number of carbonyl (C=O) groups is 3. The molecule has 32 heavy (non-hydrogen) atoms. The summed E-state index contributed by atoms with van der Waals surface area (Å²) in [5.41, 5.74) is 2.55. The van der Waals surface area contributed by atoms with E-state index in [4.69, 9.17) is 9.47 Å². The minimum Gasteiger partial charge on any atom is -0.465 e. The van der Waals surface area contributed by atoms with Gasteiger partial charge in [0.2, 0.25) is 5.78 Å². The average Bonchev–Trinajstić information content (AvgIpc) is 3.09. The molecule has 0 bridgehead atoms. The summed E-state index contributed by atoms with van der Waals surface area (Å²) in [6, 6.07) is 16.6. The lowest BCUT2D eigenvalue weighted by Crippen LogP contribution is -2.08. The summed E-state index contributed by atoms with van der Waals surface area (Å²) in [6.07, 6.45) is 1.59. The Morgan fingerprint density at radius 2 is 1.56 bits per heavy atom. The SMILES string of the molecule is COC(=O)c1ccc(/C=C2\Oc3cc(OC(=O)c4ccc(Br)cc4)cc(C)c3C2=O)cc1. The smallest absolute Gasteiger partial charge is 0.343 e. The van der Waals surface area contributed by atoms with E-state index < -0.39 is 11.9 Å². The van der Waals surface area contributed by atoms with Crippen LogP contribution in [0.3, 0.4) is 0 Å². The maximum atomic E-state index is 12.9. The molecule has 6 nitrogen and oxygen atoms in total. The number of carbonyl (C=O) groups excluding carboxylic acids is 3. The predicted octanol–water partition coefficient (Wildman–Crippen LogP) is 5.38. The standard InChI is InChI=1S/C25H17BrO6/c1-14-11-19(31-25(29)17-7-9-18(26)10-8-17)13-20-22(14)23(27)21(32-20)12-15-3-5-16(6-4-15)24(28)30-2/h3-13H,1-2H3/b21-12-. The van der Waals surface area contributed by atoms with Crippen LogP contribution < -0.4 is 9.47 Å². The number of allylic oxidation sites excluding steroid dienone is 1. The van der Waals surface area contributed by atoms with Gasteiger partial charge in [0.25, 0.3) is 0 Å².